The van der Waals surface area contributed by atoms with Crippen LogP contribution in [0.25, 0.3) is 0 Å². The lowest BCUT2D eigenvalue weighted by Gasteiger charge is -2.13. The molecule has 3 nitrogen and oxygen atoms in total. The standard InChI is InChI=1S/C15H12Br2N2O/c1-20-15-11(6-12(16)7-14(15)17)9-19-13-4-2-3-10(5-13)8-18/h2-7,19H,9H2,1H3. The van der Waals surface area contributed by atoms with Crippen molar-refractivity contribution in [2.24, 2.45) is 0 Å². The van der Waals surface area contributed by atoms with E-state index >= 15 is 0 Å². The second-order valence-corrected chi connectivity index (χ2v) is 5.90. The lowest BCUT2D eigenvalue weighted by Crippen LogP contribution is -2.02. The summed E-state index contributed by atoms with van der Waals surface area (Å²) in [5, 5.41) is 12.2. The minimum Gasteiger partial charge on any atom is -0.495 e. The first-order valence-corrected chi connectivity index (χ1v) is 7.48. The van der Waals surface area contributed by atoms with Crippen LogP contribution in [-0.4, -0.2) is 7.11 Å². The van der Waals surface area contributed by atoms with Crippen LogP contribution in [0.2, 0.25) is 0 Å². The first-order chi connectivity index (χ1) is 9.63. The van der Waals surface area contributed by atoms with Gasteiger partial charge in [0.25, 0.3) is 0 Å². The van der Waals surface area contributed by atoms with Gasteiger partial charge < -0.3 is 10.1 Å². The molecule has 1 N–H and O–H groups in total. The number of nitrogens with zero attached hydrogens (tertiary/aromatic N) is 1. The molecule has 5 heteroatoms. The van der Waals surface area contributed by atoms with Crippen LogP contribution in [0.15, 0.2) is 45.3 Å². The molecule has 0 saturated carbocycles. The number of rotatable bonds is 4. The molecule has 0 atom stereocenters. The van der Waals surface area contributed by atoms with E-state index in [1.54, 1.807) is 13.2 Å². The largest absolute Gasteiger partial charge is 0.495 e. The number of methoxy groups -OCH3 is 1. The molecule has 102 valence electrons. The van der Waals surface area contributed by atoms with Gasteiger partial charge in [-0.05, 0) is 46.3 Å². The fraction of sp³-hybridized carbons (Fsp3) is 0.133. The van der Waals surface area contributed by atoms with E-state index in [-0.39, 0.29) is 0 Å². The molecule has 0 amide bonds. The van der Waals surface area contributed by atoms with Gasteiger partial charge >= 0.3 is 0 Å². The third-order valence-corrected chi connectivity index (χ3v) is 3.81. The predicted molar refractivity (Wildman–Crippen MR) is 86.9 cm³/mol. The number of anilines is 1. The van der Waals surface area contributed by atoms with Crippen molar-refractivity contribution < 1.29 is 4.74 Å². The second kappa shape index (κ2) is 6.78. The second-order valence-electron chi connectivity index (χ2n) is 4.13. The normalized spacial score (nSPS) is 9.90. The van der Waals surface area contributed by atoms with Gasteiger partial charge in [0.1, 0.15) is 5.75 Å². The van der Waals surface area contributed by atoms with Crippen LogP contribution < -0.4 is 10.1 Å². The Bertz CT molecular complexity index is 665. The summed E-state index contributed by atoms with van der Waals surface area (Å²) in [7, 11) is 1.65. The molecule has 20 heavy (non-hydrogen) atoms. The first kappa shape index (κ1) is 14.9. The van der Waals surface area contributed by atoms with Crippen LogP contribution in [0.4, 0.5) is 5.69 Å². The fourth-order valence-corrected chi connectivity index (χ4v) is 3.35. The topological polar surface area (TPSA) is 45.0 Å². The zero-order valence-corrected chi connectivity index (χ0v) is 14.0. The van der Waals surface area contributed by atoms with Crippen molar-refractivity contribution in [3.05, 3.63) is 56.5 Å². The summed E-state index contributed by atoms with van der Waals surface area (Å²) in [6.45, 7) is 0.607. The number of hydrogen-bond donors (Lipinski definition) is 1. The minimum absolute atomic E-state index is 0.607. The molecule has 0 heterocycles. The SMILES string of the molecule is COc1c(Br)cc(Br)cc1CNc1cccc(C#N)c1. The van der Waals surface area contributed by atoms with E-state index in [2.05, 4.69) is 43.2 Å². The third-order valence-electron chi connectivity index (χ3n) is 2.76. The Labute approximate surface area is 134 Å². The van der Waals surface area contributed by atoms with Gasteiger partial charge in [-0.15, -0.1) is 0 Å². The Kier molecular flexibility index (Phi) is 5.05. The third kappa shape index (κ3) is 3.53. The van der Waals surface area contributed by atoms with Crippen molar-refractivity contribution in [1.82, 2.24) is 0 Å². The summed E-state index contributed by atoms with van der Waals surface area (Å²) < 4.78 is 7.28. The summed E-state index contributed by atoms with van der Waals surface area (Å²) in [6.07, 6.45) is 0. The van der Waals surface area contributed by atoms with Gasteiger partial charge in [0.15, 0.2) is 0 Å². The number of hydrogen-bond acceptors (Lipinski definition) is 3. The van der Waals surface area contributed by atoms with Gasteiger partial charge in [-0.3, -0.25) is 0 Å². The molecular weight excluding hydrogens is 384 g/mol. The van der Waals surface area contributed by atoms with Gasteiger partial charge in [-0.1, -0.05) is 22.0 Å². The quantitative estimate of drug-likeness (QED) is 0.815. The average Bonchev–Trinajstić information content (AvgIpc) is 2.45. The van der Waals surface area contributed by atoms with Crippen molar-refractivity contribution in [3.8, 4) is 11.8 Å². The summed E-state index contributed by atoms with van der Waals surface area (Å²) >= 11 is 6.95. The van der Waals surface area contributed by atoms with Crippen LogP contribution in [0.3, 0.4) is 0 Å². The first-order valence-electron chi connectivity index (χ1n) is 5.90. The number of halogens is 2. The van der Waals surface area contributed by atoms with Crippen LogP contribution >= 0.6 is 31.9 Å². The molecule has 0 bridgehead atoms. The zero-order valence-electron chi connectivity index (χ0n) is 10.8. The number of nitriles is 1. The molecule has 0 aromatic heterocycles. The number of benzene rings is 2. The molecular formula is C15H12Br2N2O. The molecule has 2 aromatic rings. The average molecular weight is 396 g/mol. The highest BCUT2D eigenvalue weighted by Crippen LogP contribution is 2.33. The smallest absolute Gasteiger partial charge is 0.138 e. The van der Waals surface area contributed by atoms with Gasteiger partial charge in [-0.25, -0.2) is 0 Å². The summed E-state index contributed by atoms with van der Waals surface area (Å²) in [5.41, 5.74) is 2.57. The maximum atomic E-state index is 8.89. The summed E-state index contributed by atoms with van der Waals surface area (Å²) in [6, 6.07) is 13.5. The van der Waals surface area contributed by atoms with Crippen molar-refractivity contribution >= 4 is 37.5 Å². The van der Waals surface area contributed by atoms with Crippen LogP contribution in [0.5, 0.6) is 5.75 Å². The lowest BCUT2D eigenvalue weighted by molar-refractivity contribution is 0.407. The number of nitrogens with one attached hydrogen (secondary N) is 1. The zero-order chi connectivity index (χ0) is 14.5. The van der Waals surface area contributed by atoms with Gasteiger partial charge in [0, 0.05) is 22.3 Å². The van der Waals surface area contributed by atoms with Crippen molar-refractivity contribution in [2.45, 2.75) is 6.54 Å². The van der Waals surface area contributed by atoms with Crippen molar-refractivity contribution in [2.75, 3.05) is 12.4 Å². The maximum Gasteiger partial charge on any atom is 0.138 e. The predicted octanol–water partition coefficient (Wildman–Crippen LogP) is 4.70. The van der Waals surface area contributed by atoms with Gasteiger partial charge in [0.2, 0.25) is 0 Å². The molecule has 0 unspecified atom stereocenters. The Morgan fingerprint density at radius 3 is 2.75 bits per heavy atom. The molecule has 2 aromatic carbocycles. The Hall–Kier alpha value is -1.51. The molecule has 0 aliphatic rings. The van der Waals surface area contributed by atoms with E-state index in [4.69, 9.17) is 10.00 Å². The summed E-state index contributed by atoms with van der Waals surface area (Å²) in [4.78, 5) is 0. The van der Waals surface area contributed by atoms with Crippen LogP contribution in [-0.2, 0) is 6.54 Å². The van der Waals surface area contributed by atoms with E-state index in [1.165, 1.54) is 0 Å². The highest BCUT2D eigenvalue weighted by molar-refractivity contribution is 9.11. The van der Waals surface area contributed by atoms with E-state index < -0.39 is 0 Å². The maximum absolute atomic E-state index is 8.89. The monoisotopic (exact) mass is 394 g/mol. The molecule has 0 aliphatic carbocycles. The van der Waals surface area contributed by atoms with Crippen LogP contribution in [0.1, 0.15) is 11.1 Å². The molecule has 0 aliphatic heterocycles. The molecule has 0 fully saturated rings. The Morgan fingerprint density at radius 1 is 1.25 bits per heavy atom. The minimum atomic E-state index is 0.607. The van der Waals surface area contributed by atoms with Gasteiger partial charge in [-0.2, -0.15) is 5.26 Å². The lowest BCUT2D eigenvalue weighted by atomic mass is 10.2. The Morgan fingerprint density at radius 2 is 2.05 bits per heavy atom. The van der Waals surface area contributed by atoms with Crippen molar-refractivity contribution in [1.29, 1.82) is 5.26 Å². The highest BCUT2D eigenvalue weighted by Gasteiger charge is 2.09. The molecule has 0 saturated heterocycles. The van der Waals surface area contributed by atoms with E-state index in [0.717, 1.165) is 25.9 Å². The summed E-state index contributed by atoms with van der Waals surface area (Å²) in [5.74, 6) is 0.803. The molecule has 0 radical (unpaired) electrons. The fourth-order valence-electron chi connectivity index (χ4n) is 1.87. The van der Waals surface area contributed by atoms with E-state index in [0.29, 0.717) is 12.1 Å². The Balaban J connectivity index is 2.20. The van der Waals surface area contributed by atoms with E-state index in [9.17, 15) is 0 Å². The van der Waals surface area contributed by atoms with Crippen molar-refractivity contribution in [3.63, 3.8) is 0 Å². The molecule has 0 spiro atoms. The molecule has 2 rings (SSSR count). The van der Waals surface area contributed by atoms with E-state index in [1.807, 2.05) is 30.3 Å². The number of ether oxygens (including phenoxy) is 1. The van der Waals surface area contributed by atoms with Gasteiger partial charge in [0.05, 0.1) is 23.2 Å². The van der Waals surface area contributed by atoms with Crippen LogP contribution in [0, 0.1) is 11.3 Å². The highest BCUT2D eigenvalue weighted by atomic mass is 79.9.